The van der Waals surface area contributed by atoms with Gasteiger partial charge in [-0.1, -0.05) is 18.7 Å². The molecule has 11 heavy (non-hydrogen) atoms. The summed E-state index contributed by atoms with van der Waals surface area (Å²) < 4.78 is 0. The smallest absolute Gasteiger partial charge is 0.224 e. The van der Waals surface area contributed by atoms with Gasteiger partial charge in [-0.05, 0) is 5.75 Å². The van der Waals surface area contributed by atoms with Crippen LogP contribution in [0.4, 0.5) is 5.82 Å². The molecular formula is C6H9N3OS. The maximum absolute atomic E-state index is 11.1. The van der Waals surface area contributed by atoms with E-state index in [-0.39, 0.29) is 5.12 Å². The summed E-state index contributed by atoms with van der Waals surface area (Å²) in [4.78, 5) is 11.1. The van der Waals surface area contributed by atoms with Crippen molar-refractivity contribution in [1.82, 2.24) is 10.2 Å². The Bertz CT molecular complexity index is 258. The van der Waals surface area contributed by atoms with Crippen molar-refractivity contribution in [3.63, 3.8) is 0 Å². The van der Waals surface area contributed by atoms with Crippen molar-refractivity contribution in [2.24, 2.45) is 0 Å². The predicted molar refractivity (Wildman–Crippen MR) is 45.5 cm³/mol. The molecule has 0 unspecified atom stereocenters. The zero-order valence-corrected chi connectivity index (χ0v) is 6.94. The van der Waals surface area contributed by atoms with E-state index in [0.717, 1.165) is 5.75 Å². The van der Waals surface area contributed by atoms with E-state index in [4.69, 9.17) is 5.73 Å². The van der Waals surface area contributed by atoms with Crippen molar-refractivity contribution in [3.05, 3.63) is 11.8 Å². The second-order valence-electron chi connectivity index (χ2n) is 1.92. The fraction of sp³-hybridized carbons (Fsp3) is 0.333. The van der Waals surface area contributed by atoms with Crippen molar-refractivity contribution >= 4 is 22.7 Å². The maximum atomic E-state index is 11.1. The molecule has 4 nitrogen and oxygen atoms in total. The predicted octanol–water partition coefficient (Wildman–Crippen LogP) is 0.885. The molecule has 60 valence electrons. The number of hydrogen-bond acceptors (Lipinski definition) is 4. The fourth-order valence-corrected chi connectivity index (χ4v) is 1.25. The molecule has 0 saturated carbocycles. The van der Waals surface area contributed by atoms with Crippen LogP contribution >= 0.6 is 11.8 Å². The summed E-state index contributed by atoms with van der Waals surface area (Å²) in [5.41, 5.74) is 5.89. The number of anilines is 1. The monoisotopic (exact) mass is 171 g/mol. The fourth-order valence-electron chi connectivity index (χ4n) is 0.668. The Morgan fingerprint density at radius 3 is 3.09 bits per heavy atom. The highest BCUT2D eigenvalue weighted by Gasteiger charge is 2.10. The minimum Gasteiger partial charge on any atom is -0.383 e. The molecule has 0 aliphatic rings. The van der Waals surface area contributed by atoms with Gasteiger partial charge in [0.05, 0.1) is 11.8 Å². The molecule has 1 aromatic heterocycles. The minimum atomic E-state index is -0.0289. The van der Waals surface area contributed by atoms with Crippen LogP contribution in [0.3, 0.4) is 0 Å². The first-order chi connectivity index (χ1) is 5.25. The van der Waals surface area contributed by atoms with E-state index >= 15 is 0 Å². The number of H-pyrrole nitrogens is 1. The lowest BCUT2D eigenvalue weighted by molar-refractivity contribution is 0.109. The summed E-state index contributed by atoms with van der Waals surface area (Å²) in [5, 5.41) is 6.11. The Hall–Kier alpha value is -0.970. The first-order valence-corrected chi connectivity index (χ1v) is 4.20. The summed E-state index contributed by atoms with van der Waals surface area (Å²) in [6.45, 7) is 1.92. The van der Waals surface area contributed by atoms with Gasteiger partial charge in [-0.25, -0.2) is 0 Å². The molecule has 3 N–H and O–H groups in total. The molecular weight excluding hydrogens is 162 g/mol. The molecule has 0 spiro atoms. The number of nitrogens with zero attached hydrogens (tertiary/aromatic N) is 1. The van der Waals surface area contributed by atoms with Gasteiger partial charge in [0.25, 0.3) is 0 Å². The summed E-state index contributed by atoms with van der Waals surface area (Å²) in [6.07, 6.45) is 1.44. The topological polar surface area (TPSA) is 71.8 Å². The van der Waals surface area contributed by atoms with E-state index in [1.54, 1.807) is 0 Å². The highest BCUT2D eigenvalue weighted by Crippen LogP contribution is 2.15. The molecule has 1 heterocycles. The van der Waals surface area contributed by atoms with Crippen LogP contribution in [0.5, 0.6) is 0 Å². The molecule has 0 aliphatic heterocycles. The highest BCUT2D eigenvalue weighted by atomic mass is 32.2. The molecule has 0 bridgehead atoms. The quantitative estimate of drug-likeness (QED) is 0.693. The molecule has 0 amide bonds. The number of nitrogen functional groups attached to an aromatic ring is 1. The second-order valence-corrected chi connectivity index (χ2v) is 3.15. The highest BCUT2D eigenvalue weighted by molar-refractivity contribution is 8.14. The maximum Gasteiger partial charge on any atom is 0.224 e. The van der Waals surface area contributed by atoms with Crippen LogP contribution in [0, 0.1) is 0 Å². The average molecular weight is 171 g/mol. The van der Waals surface area contributed by atoms with Crippen molar-refractivity contribution in [1.29, 1.82) is 0 Å². The van der Waals surface area contributed by atoms with Crippen LogP contribution in [-0.4, -0.2) is 21.1 Å². The summed E-state index contributed by atoms with van der Waals surface area (Å²) in [6, 6.07) is 0. The number of rotatable bonds is 2. The van der Waals surface area contributed by atoms with E-state index in [2.05, 4.69) is 10.2 Å². The SMILES string of the molecule is CCSC(=O)c1cn[nH]c1N. The summed E-state index contributed by atoms with van der Waals surface area (Å²) in [5.74, 6) is 1.10. The van der Waals surface area contributed by atoms with Gasteiger partial charge < -0.3 is 5.73 Å². The van der Waals surface area contributed by atoms with Gasteiger partial charge in [-0.2, -0.15) is 5.10 Å². The number of nitrogens with one attached hydrogen (secondary N) is 1. The molecule has 0 aliphatic carbocycles. The molecule has 5 heteroatoms. The third-order valence-corrected chi connectivity index (χ3v) is 1.93. The van der Waals surface area contributed by atoms with E-state index in [0.29, 0.717) is 11.4 Å². The molecule has 1 rings (SSSR count). The Balaban J connectivity index is 2.76. The molecule has 0 atom stereocenters. The van der Waals surface area contributed by atoms with Crippen LogP contribution in [-0.2, 0) is 0 Å². The van der Waals surface area contributed by atoms with E-state index < -0.39 is 0 Å². The van der Waals surface area contributed by atoms with E-state index in [9.17, 15) is 4.79 Å². The lowest BCUT2D eigenvalue weighted by Crippen LogP contribution is -1.97. The van der Waals surface area contributed by atoms with Gasteiger partial charge >= 0.3 is 0 Å². The van der Waals surface area contributed by atoms with Crippen molar-refractivity contribution in [2.45, 2.75) is 6.92 Å². The van der Waals surface area contributed by atoms with Crippen LogP contribution in [0.15, 0.2) is 6.20 Å². The van der Waals surface area contributed by atoms with Gasteiger partial charge in [-0.15, -0.1) is 0 Å². The number of thioether (sulfide) groups is 1. The Kier molecular flexibility index (Phi) is 2.53. The van der Waals surface area contributed by atoms with Crippen molar-refractivity contribution in [2.75, 3.05) is 11.5 Å². The Labute approximate surface area is 68.5 Å². The Morgan fingerprint density at radius 2 is 2.64 bits per heavy atom. The van der Waals surface area contributed by atoms with Gasteiger partial charge in [0.2, 0.25) is 5.12 Å². The first kappa shape index (κ1) is 8.13. The lowest BCUT2D eigenvalue weighted by atomic mass is 10.4. The zero-order chi connectivity index (χ0) is 8.27. The van der Waals surface area contributed by atoms with Crippen molar-refractivity contribution < 1.29 is 4.79 Å². The van der Waals surface area contributed by atoms with Gasteiger partial charge in [0.1, 0.15) is 5.82 Å². The van der Waals surface area contributed by atoms with Gasteiger partial charge in [0, 0.05) is 0 Å². The van der Waals surface area contributed by atoms with Crippen LogP contribution in [0.1, 0.15) is 17.3 Å². The molecule has 1 aromatic rings. The second kappa shape index (κ2) is 3.43. The molecule has 0 saturated heterocycles. The number of aromatic amines is 1. The third kappa shape index (κ3) is 1.74. The van der Waals surface area contributed by atoms with Gasteiger partial charge in [0.15, 0.2) is 0 Å². The van der Waals surface area contributed by atoms with Gasteiger partial charge in [-0.3, -0.25) is 9.89 Å². The van der Waals surface area contributed by atoms with E-state index in [1.165, 1.54) is 18.0 Å². The number of carbonyl (C=O) groups excluding carboxylic acids is 1. The summed E-state index contributed by atoms with van der Waals surface area (Å²) >= 11 is 1.22. The van der Waals surface area contributed by atoms with Crippen molar-refractivity contribution in [3.8, 4) is 0 Å². The zero-order valence-electron chi connectivity index (χ0n) is 6.13. The normalized spacial score (nSPS) is 9.91. The minimum absolute atomic E-state index is 0.0289. The lowest BCUT2D eigenvalue weighted by Gasteiger charge is -1.93. The molecule has 0 aromatic carbocycles. The summed E-state index contributed by atoms with van der Waals surface area (Å²) in [7, 11) is 0. The van der Waals surface area contributed by atoms with E-state index in [1.807, 2.05) is 6.92 Å². The number of hydrogen-bond donors (Lipinski definition) is 2. The Morgan fingerprint density at radius 1 is 1.91 bits per heavy atom. The standard InChI is InChI=1S/C6H9N3OS/c1-2-11-6(10)4-3-8-9-5(4)7/h3H,2H2,1H3,(H3,7,8,9). The van der Waals surface area contributed by atoms with Crippen LogP contribution < -0.4 is 5.73 Å². The number of aromatic nitrogens is 2. The van der Waals surface area contributed by atoms with Crippen LogP contribution in [0.25, 0.3) is 0 Å². The number of nitrogens with two attached hydrogens (primary N) is 1. The first-order valence-electron chi connectivity index (χ1n) is 3.21. The molecule has 0 radical (unpaired) electrons. The third-order valence-electron chi connectivity index (χ3n) is 1.16. The number of carbonyl (C=O) groups is 1. The average Bonchev–Trinajstić information content (AvgIpc) is 2.36. The van der Waals surface area contributed by atoms with Crippen LogP contribution in [0.2, 0.25) is 0 Å². The largest absolute Gasteiger partial charge is 0.383 e. The molecule has 0 fully saturated rings.